The quantitative estimate of drug-likeness (QED) is 0.757. The Morgan fingerprint density at radius 2 is 2.04 bits per heavy atom. The van der Waals surface area contributed by atoms with Crippen molar-refractivity contribution in [2.45, 2.75) is 24.8 Å². The fourth-order valence-electron chi connectivity index (χ4n) is 3.06. The largest absolute Gasteiger partial charge is 0.308 e. The molecule has 0 fully saturated rings. The average molecular weight is 375 g/mol. The van der Waals surface area contributed by atoms with Crippen LogP contribution in [0, 0.1) is 11.3 Å². The molecule has 27 heavy (non-hydrogen) atoms. The highest BCUT2D eigenvalue weighted by atomic mass is 32.2. The second kappa shape index (κ2) is 7.25. The summed E-state index contributed by atoms with van der Waals surface area (Å²) in [5, 5.41) is 17.2. The minimum Gasteiger partial charge on any atom is -0.308 e. The van der Waals surface area contributed by atoms with Crippen molar-refractivity contribution in [2.75, 3.05) is 5.32 Å². The number of fused-ring (bicyclic) bond motifs is 1. The Morgan fingerprint density at radius 3 is 2.74 bits per heavy atom. The molecule has 1 aliphatic rings. The maximum Gasteiger partial charge on any atom is 0.241 e. The van der Waals surface area contributed by atoms with Crippen LogP contribution in [-0.2, 0) is 11.3 Å². The van der Waals surface area contributed by atoms with E-state index in [1.165, 1.54) is 11.8 Å². The van der Waals surface area contributed by atoms with Crippen LogP contribution in [0.25, 0.3) is 10.9 Å². The summed E-state index contributed by atoms with van der Waals surface area (Å²) in [5.41, 5.74) is 4.34. The number of rotatable bonds is 4. The number of aliphatic imine (C=N–C) groups is 1. The number of anilines is 1. The molecule has 7 heteroatoms. The SMILES string of the molecule is CC1N=CSC1C(=O)Nc1nn(Cc2ccc(C#N)cc2)c2ccccc12. The Bertz CT molecular complexity index is 1060. The van der Waals surface area contributed by atoms with Crippen molar-refractivity contribution >= 4 is 39.9 Å². The summed E-state index contributed by atoms with van der Waals surface area (Å²) < 4.78 is 1.87. The van der Waals surface area contributed by atoms with Crippen LogP contribution >= 0.6 is 11.8 Å². The van der Waals surface area contributed by atoms with Crippen LogP contribution in [0.15, 0.2) is 53.5 Å². The van der Waals surface area contributed by atoms with E-state index in [0.717, 1.165) is 16.5 Å². The van der Waals surface area contributed by atoms with Gasteiger partial charge in [0.1, 0.15) is 5.25 Å². The molecule has 2 atom stereocenters. The molecule has 6 nitrogen and oxygen atoms in total. The molecule has 0 bridgehead atoms. The van der Waals surface area contributed by atoms with E-state index in [2.05, 4.69) is 21.5 Å². The van der Waals surface area contributed by atoms with Gasteiger partial charge in [0.2, 0.25) is 5.91 Å². The molecule has 1 N–H and O–H groups in total. The van der Waals surface area contributed by atoms with Crippen molar-refractivity contribution < 1.29 is 4.79 Å². The van der Waals surface area contributed by atoms with Gasteiger partial charge in [-0.05, 0) is 36.8 Å². The third-order valence-electron chi connectivity index (χ3n) is 4.51. The number of thioether (sulfide) groups is 1. The summed E-state index contributed by atoms with van der Waals surface area (Å²) in [5.74, 6) is 0.475. The Hall–Kier alpha value is -3.11. The first-order chi connectivity index (χ1) is 13.2. The van der Waals surface area contributed by atoms with Crippen LogP contribution in [0.3, 0.4) is 0 Å². The molecule has 2 unspecified atom stereocenters. The fourth-order valence-corrected chi connectivity index (χ4v) is 3.93. The van der Waals surface area contributed by atoms with E-state index in [0.29, 0.717) is 17.9 Å². The maximum absolute atomic E-state index is 12.6. The van der Waals surface area contributed by atoms with Gasteiger partial charge in [-0.25, -0.2) is 0 Å². The summed E-state index contributed by atoms with van der Waals surface area (Å²) in [7, 11) is 0. The molecule has 0 saturated carbocycles. The highest BCUT2D eigenvalue weighted by Gasteiger charge is 2.29. The van der Waals surface area contributed by atoms with Crippen molar-refractivity contribution in [3.05, 3.63) is 59.7 Å². The Kier molecular flexibility index (Phi) is 4.65. The summed E-state index contributed by atoms with van der Waals surface area (Å²) in [4.78, 5) is 16.9. The van der Waals surface area contributed by atoms with Crippen LogP contribution < -0.4 is 5.32 Å². The van der Waals surface area contributed by atoms with E-state index in [-0.39, 0.29) is 17.2 Å². The molecule has 2 heterocycles. The van der Waals surface area contributed by atoms with E-state index in [4.69, 9.17) is 5.26 Å². The van der Waals surface area contributed by atoms with Gasteiger partial charge in [-0.15, -0.1) is 0 Å². The smallest absolute Gasteiger partial charge is 0.241 e. The van der Waals surface area contributed by atoms with Crippen LogP contribution in [-0.4, -0.2) is 32.5 Å². The zero-order chi connectivity index (χ0) is 18.8. The van der Waals surface area contributed by atoms with E-state index in [9.17, 15) is 4.79 Å². The number of carbonyl (C=O) groups excluding carboxylic acids is 1. The first-order valence-electron chi connectivity index (χ1n) is 8.58. The molecule has 1 aromatic heterocycles. The van der Waals surface area contributed by atoms with E-state index < -0.39 is 0 Å². The van der Waals surface area contributed by atoms with Crippen molar-refractivity contribution in [3.8, 4) is 6.07 Å². The van der Waals surface area contributed by atoms with Gasteiger partial charge in [0, 0.05) is 5.39 Å². The summed E-state index contributed by atoms with van der Waals surface area (Å²) >= 11 is 1.43. The standard InChI is InChI=1S/C20H17N5OS/c1-13-18(27-12-22-13)20(26)23-19-16-4-2-3-5-17(16)25(24-19)11-15-8-6-14(10-21)7-9-15/h2-9,12-13,18H,11H2,1H3,(H,23,24,26). The second-order valence-corrected chi connectivity index (χ2v) is 7.36. The number of para-hydroxylation sites is 1. The van der Waals surface area contributed by atoms with Crippen LogP contribution in [0.1, 0.15) is 18.1 Å². The molecule has 3 aromatic rings. The first kappa shape index (κ1) is 17.3. The molecule has 2 aromatic carbocycles. The van der Waals surface area contributed by atoms with Crippen molar-refractivity contribution in [1.82, 2.24) is 9.78 Å². The minimum atomic E-state index is -0.229. The topological polar surface area (TPSA) is 83.1 Å². The predicted octanol–water partition coefficient (Wildman–Crippen LogP) is 3.43. The third-order valence-corrected chi connectivity index (χ3v) is 5.66. The number of hydrogen-bond donors (Lipinski definition) is 1. The van der Waals surface area contributed by atoms with Crippen LogP contribution in [0.5, 0.6) is 0 Å². The van der Waals surface area contributed by atoms with Gasteiger partial charge in [-0.1, -0.05) is 36.0 Å². The molecule has 0 saturated heterocycles. The van der Waals surface area contributed by atoms with Crippen LogP contribution in [0.4, 0.5) is 5.82 Å². The number of nitrogens with zero attached hydrogens (tertiary/aromatic N) is 4. The lowest BCUT2D eigenvalue weighted by atomic mass is 10.1. The van der Waals surface area contributed by atoms with E-state index >= 15 is 0 Å². The van der Waals surface area contributed by atoms with Gasteiger partial charge in [-0.3, -0.25) is 14.5 Å². The molecule has 0 radical (unpaired) electrons. The Labute approximate surface area is 160 Å². The fraction of sp³-hybridized carbons (Fsp3) is 0.200. The van der Waals surface area contributed by atoms with Crippen LogP contribution in [0.2, 0.25) is 0 Å². The van der Waals surface area contributed by atoms with Crippen molar-refractivity contribution in [2.24, 2.45) is 4.99 Å². The van der Waals surface area contributed by atoms with Gasteiger partial charge in [0.25, 0.3) is 0 Å². The summed E-state index contributed by atoms with van der Waals surface area (Å²) in [6.07, 6.45) is 0. The summed E-state index contributed by atoms with van der Waals surface area (Å²) in [6.45, 7) is 2.49. The maximum atomic E-state index is 12.6. The minimum absolute atomic E-state index is 0.0398. The lowest BCUT2D eigenvalue weighted by molar-refractivity contribution is -0.115. The number of nitriles is 1. The van der Waals surface area contributed by atoms with Gasteiger partial charge in [-0.2, -0.15) is 10.4 Å². The molecule has 0 spiro atoms. The molecular weight excluding hydrogens is 358 g/mol. The highest BCUT2D eigenvalue weighted by Crippen LogP contribution is 2.27. The molecule has 1 amide bonds. The molecule has 1 aliphatic heterocycles. The zero-order valence-corrected chi connectivity index (χ0v) is 15.5. The van der Waals surface area contributed by atoms with Gasteiger partial charge < -0.3 is 5.32 Å². The number of nitrogens with one attached hydrogen (secondary N) is 1. The average Bonchev–Trinajstić information content (AvgIpc) is 3.27. The number of carbonyl (C=O) groups is 1. The molecule has 4 rings (SSSR count). The Morgan fingerprint density at radius 1 is 1.26 bits per heavy atom. The van der Waals surface area contributed by atoms with E-state index in [1.807, 2.05) is 48.0 Å². The monoisotopic (exact) mass is 375 g/mol. The molecular formula is C20H17N5OS. The number of hydrogen-bond acceptors (Lipinski definition) is 5. The predicted molar refractivity (Wildman–Crippen MR) is 108 cm³/mol. The molecule has 134 valence electrons. The van der Waals surface area contributed by atoms with E-state index in [1.54, 1.807) is 17.7 Å². The lowest BCUT2D eigenvalue weighted by Crippen LogP contribution is -2.30. The summed E-state index contributed by atoms with van der Waals surface area (Å²) in [6, 6.07) is 17.3. The van der Waals surface area contributed by atoms with Gasteiger partial charge in [0.15, 0.2) is 5.82 Å². The zero-order valence-electron chi connectivity index (χ0n) is 14.7. The number of benzene rings is 2. The normalized spacial score (nSPS) is 18.5. The van der Waals surface area contributed by atoms with Crippen molar-refractivity contribution in [1.29, 1.82) is 5.26 Å². The molecule has 0 aliphatic carbocycles. The Balaban J connectivity index is 1.62. The lowest BCUT2D eigenvalue weighted by Gasteiger charge is -2.12. The second-order valence-electron chi connectivity index (χ2n) is 6.37. The van der Waals surface area contributed by atoms with Gasteiger partial charge in [0.05, 0.1) is 35.3 Å². The number of aromatic nitrogens is 2. The highest BCUT2D eigenvalue weighted by molar-refractivity contribution is 8.13. The van der Waals surface area contributed by atoms with Gasteiger partial charge >= 0.3 is 0 Å². The first-order valence-corrected chi connectivity index (χ1v) is 9.52. The number of amides is 1. The third kappa shape index (κ3) is 3.44. The van der Waals surface area contributed by atoms with Crippen molar-refractivity contribution in [3.63, 3.8) is 0 Å².